The summed E-state index contributed by atoms with van der Waals surface area (Å²) < 4.78 is 5.25. The minimum Gasteiger partial charge on any atom is -0.481 e. The highest BCUT2D eigenvalue weighted by Crippen LogP contribution is 2.36. The van der Waals surface area contributed by atoms with Crippen molar-refractivity contribution in [3.8, 4) is 0 Å². The highest BCUT2D eigenvalue weighted by Gasteiger charge is 2.32. The van der Waals surface area contributed by atoms with E-state index in [-0.39, 0.29) is 30.3 Å². The van der Waals surface area contributed by atoms with E-state index in [9.17, 15) is 19.8 Å². The molecule has 4 atom stereocenters. The third-order valence-corrected chi connectivity index (χ3v) is 6.12. The number of unbranched alkanes of at least 4 members (excludes halogenated alkanes) is 3. The van der Waals surface area contributed by atoms with E-state index in [2.05, 4.69) is 0 Å². The molecule has 0 bridgehead atoms. The van der Waals surface area contributed by atoms with Gasteiger partial charge >= 0.3 is 5.97 Å². The van der Waals surface area contributed by atoms with Crippen molar-refractivity contribution in [1.29, 1.82) is 0 Å². The van der Waals surface area contributed by atoms with Gasteiger partial charge in [0.1, 0.15) is 0 Å². The monoisotopic (exact) mass is 411 g/mol. The Morgan fingerprint density at radius 3 is 2.52 bits per heavy atom. The van der Waals surface area contributed by atoms with Crippen LogP contribution < -0.4 is 0 Å². The molecule has 29 heavy (non-hydrogen) atoms. The van der Waals surface area contributed by atoms with Gasteiger partial charge < -0.3 is 25.0 Å². The Morgan fingerprint density at radius 1 is 1.07 bits per heavy atom. The maximum atomic E-state index is 12.2. The first-order chi connectivity index (χ1) is 14.0. The van der Waals surface area contributed by atoms with Crippen molar-refractivity contribution in [1.82, 2.24) is 4.90 Å². The van der Waals surface area contributed by atoms with Gasteiger partial charge in [-0.3, -0.25) is 9.59 Å². The Hall–Kier alpha value is -1.44. The van der Waals surface area contributed by atoms with Gasteiger partial charge in [0.2, 0.25) is 5.91 Å². The first-order valence-corrected chi connectivity index (χ1v) is 11.1. The number of rotatable bonds is 12. The largest absolute Gasteiger partial charge is 0.481 e. The van der Waals surface area contributed by atoms with E-state index in [0.717, 1.165) is 38.5 Å². The van der Waals surface area contributed by atoms with Gasteiger partial charge in [-0.15, -0.1) is 0 Å². The quantitative estimate of drug-likeness (QED) is 0.336. The van der Waals surface area contributed by atoms with Crippen molar-refractivity contribution in [3.63, 3.8) is 0 Å². The van der Waals surface area contributed by atoms with Gasteiger partial charge in [-0.1, -0.05) is 31.4 Å². The summed E-state index contributed by atoms with van der Waals surface area (Å²) in [6, 6.07) is 0. The normalized spacial score (nSPS) is 26.1. The first kappa shape index (κ1) is 23.8. The van der Waals surface area contributed by atoms with Crippen molar-refractivity contribution >= 4 is 11.9 Å². The molecule has 0 aromatic rings. The highest BCUT2D eigenvalue weighted by molar-refractivity contribution is 5.76. The van der Waals surface area contributed by atoms with Gasteiger partial charge in [-0.05, 0) is 43.9 Å². The van der Waals surface area contributed by atoms with Crippen molar-refractivity contribution in [2.24, 2.45) is 11.8 Å². The second kappa shape index (κ2) is 13.0. The van der Waals surface area contributed by atoms with E-state index < -0.39 is 12.1 Å². The predicted octanol–water partition coefficient (Wildman–Crippen LogP) is 2.35. The van der Waals surface area contributed by atoms with E-state index in [4.69, 9.17) is 9.84 Å². The fourth-order valence-corrected chi connectivity index (χ4v) is 4.34. The number of hydrogen-bond donors (Lipinski definition) is 3. The summed E-state index contributed by atoms with van der Waals surface area (Å²) in [7, 11) is 0. The molecule has 7 nitrogen and oxygen atoms in total. The average Bonchev–Trinajstić information content (AvgIpc) is 3.07. The Balaban J connectivity index is 1.67. The highest BCUT2D eigenvalue weighted by atomic mass is 16.5. The smallest absolute Gasteiger partial charge is 0.303 e. The molecule has 7 heteroatoms. The van der Waals surface area contributed by atoms with Crippen LogP contribution in [0.25, 0.3) is 0 Å². The van der Waals surface area contributed by atoms with Crippen LogP contribution in [0.1, 0.15) is 64.2 Å². The summed E-state index contributed by atoms with van der Waals surface area (Å²) in [6.07, 6.45) is 10.1. The Bertz CT molecular complexity index is 531. The molecule has 1 amide bonds. The van der Waals surface area contributed by atoms with Gasteiger partial charge in [0.05, 0.1) is 25.4 Å². The van der Waals surface area contributed by atoms with Crippen LogP contribution in [0.2, 0.25) is 0 Å². The van der Waals surface area contributed by atoms with Gasteiger partial charge in [0.25, 0.3) is 0 Å². The molecule has 0 spiro atoms. The predicted molar refractivity (Wildman–Crippen MR) is 109 cm³/mol. The standard InChI is InChI=1S/C22H37NO6/c24-18(10-12-21(26)23-13-15-29-16-14-23)9-7-17-8-11-20(25)19(17)5-3-1-2-4-6-22(27)28/h7,9,17-20,24-25H,1-6,8,10-16H2,(H,27,28). The number of nitrogens with zero attached hydrogens (tertiary/aromatic N) is 1. The fraction of sp³-hybridized carbons (Fsp3) is 0.818. The Kier molecular flexibility index (Phi) is 10.7. The third-order valence-electron chi connectivity index (χ3n) is 6.12. The molecule has 1 aliphatic carbocycles. The molecule has 0 aromatic carbocycles. The summed E-state index contributed by atoms with van der Waals surface area (Å²) in [4.78, 5) is 24.5. The number of carbonyl (C=O) groups excluding carboxylic acids is 1. The van der Waals surface area contributed by atoms with Crippen LogP contribution >= 0.6 is 0 Å². The van der Waals surface area contributed by atoms with E-state index in [1.807, 2.05) is 6.08 Å². The summed E-state index contributed by atoms with van der Waals surface area (Å²) in [6.45, 7) is 2.42. The summed E-state index contributed by atoms with van der Waals surface area (Å²) in [5.41, 5.74) is 0. The number of carboxylic acids is 1. The molecule has 0 radical (unpaired) electrons. The topological polar surface area (TPSA) is 107 Å². The number of morpholine rings is 1. The molecule has 1 saturated heterocycles. The van der Waals surface area contributed by atoms with Gasteiger partial charge in [-0.2, -0.15) is 0 Å². The Morgan fingerprint density at radius 2 is 1.79 bits per heavy atom. The SMILES string of the molecule is O=C(O)CCCCCCC1C(O)CCC1C=CC(O)CCC(=O)N1CCOCC1. The number of allylic oxidation sites excluding steroid dienone is 1. The number of carbonyl (C=O) groups is 2. The van der Waals surface area contributed by atoms with E-state index in [1.54, 1.807) is 11.0 Å². The lowest BCUT2D eigenvalue weighted by molar-refractivity contribution is -0.137. The minimum atomic E-state index is -0.744. The van der Waals surface area contributed by atoms with Gasteiger partial charge in [0.15, 0.2) is 0 Å². The van der Waals surface area contributed by atoms with Crippen LogP contribution in [-0.4, -0.2) is 70.6 Å². The molecular weight excluding hydrogens is 374 g/mol. The molecule has 4 unspecified atom stereocenters. The molecule has 3 N–H and O–H groups in total. The van der Waals surface area contributed by atoms with Crippen molar-refractivity contribution in [2.75, 3.05) is 26.3 Å². The summed E-state index contributed by atoms with van der Waals surface area (Å²) in [5.74, 6) is -0.217. The van der Waals surface area contributed by atoms with Gasteiger partial charge in [0, 0.05) is 25.9 Å². The molecule has 0 aromatic heterocycles. The number of carboxylic acid groups (broad SMARTS) is 1. The third kappa shape index (κ3) is 8.84. The lowest BCUT2D eigenvalue weighted by atomic mass is 9.88. The second-order valence-electron chi connectivity index (χ2n) is 8.30. The number of hydrogen-bond acceptors (Lipinski definition) is 5. The first-order valence-electron chi connectivity index (χ1n) is 11.1. The lowest BCUT2D eigenvalue weighted by Gasteiger charge is -2.27. The van der Waals surface area contributed by atoms with Gasteiger partial charge in [-0.25, -0.2) is 0 Å². The van der Waals surface area contributed by atoms with E-state index in [1.165, 1.54) is 0 Å². The molecule has 2 rings (SSSR count). The van der Waals surface area contributed by atoms with Crippen LogP contribution in [0.3, 0.4) is 0 Å². The number of aliphatic carboxylic acids is 1. The number of ether oxygens (including phenoxy) is 1. The second-order valence-corrected chi connectivity index (χ2v) is 8.30. The van der Waals surface area contributed by atoms with E-state index in [0.29, 0.717) is 45.6 Å². The maximum Gasteiger partial charge on any atom is 0.303 e. The molecule has 2 fully saturated rings. The molecule has 2 aliphatic rings. The number of amides is 1. The molecule has 1 saturated carbocycles. The van der Waals surface area contributed by atoms with Crippen molar-refractivity contribution < 1.29 is 29.6 Å². The fourth-order valence-electron chi connectivity index (χ4n) is 4.34. The van der Waals surface area contributed by atoms with Crippen molar-refractivity contribution in [2.45, 2.75) is 76.4 Å². The zero-order chi connectivity index (χ0) is 21.1. The molecule has 1 heterocycles. The van der Waals surface area contributed by atoms with Crippen molar-refractivity contribution in [3.05, 3.63) is 12.2 Å². The summed E-state index contributed by atoms with van der Waals surface area (Å²) >= 11 is 0. The zero-order valence-electron chi connectivity index (χ0n) is 17.4. The minimum absolute atomic E-state index is 0.0674. The maximum absolute atomic E-state index is 12.2. The Labute approximate surface area is 173 Å². The van der Waals surface area contributed by atoms with Crippen LogP contribution in [0.4, 0.5) is 0 Å². The molecular formula is C22H37NO6. The average molecular weight is 412 g/mol. The van der Waals surface area contributed by atoms with Crippen LogP contribution in [-0.2, 0) is 14.3 Å². The van der Waals surface area contributed by atoms with E-state index >= 15 is 0 Å². The van der Waals surface area contributed by atoms with Crippen LogP contribution in [0, 0.1) is 11.8 Å². The number of aliphatic hydroxyl groups is 2. The zero-order valence-corrected chi connectivity index (χ0v) is 17.4. The molecule has 1 aliphatic heterocycles. The van der Waals surface area contributed by atoms with Crippen LogP contribution in [0.15, 0.2) is 12.2 Å². The number of aliphatic hydroxyl groups excluding tert-OH is 2. The molecule has 166 valence electrons. The summed E-state index contributed by atoms with van der Waals surface area (Å²) in [5, 5.41) is 29.2. The van der Waals surface area contributed by atoms with Crippen LogP contribution in [0.5, 0.6) is 0 Å². The lowest BCUT2D eigenvalue weighted by Crippen LogP contribution is -2.40.